The van der Waals surface area contributed by atoms with Crippen molar-refractivity contribution < 1.29 is 57.2 Å². The maximum atomic E-state index is 12.4. The van der Waals surface area contributed by atoms with Gasteiger partial charge in [0.05, 0.1) is 0 Å². The van der Waals surface area contributed by atoms with Crippen LogP contribution in [0.4, 0.5) is 13.2 Å². The van der Waals surface area contributed by atoms with Gasteiger partial charge in [-0.15, -0.1) is 5.56 Å². The topological polar surface area (TPSA) is 62.0 Å². The quantitative estimate of drug-likeness (QED) is 0.582. The number of halogens is 3. The molecule has 1 heterocycles. The predicted octanol–water partition coefficient (Wildman–Crippen LogP) is 4.00. The van der Waals surface area contributed by atoms with E-state index in [1.54, 1.807) is 0 Å². The molecule has 0 spiro atoms. The minimum atomic E-state index is -4.70. The summed E-state index contributed by atoms with van der Waals surface area (Å²) in [5.74, 6) is -1.49. The van der Waals surface area contributed by atoms with Crippen molar-refractivity contribution in [3.05, 3.63) is 71.9 Å². The monoisotopic (exact) mass is 427 g/mol. The molecule has 1 unspecified atom stereocenters. The molecule has 0 bridgehead atoms. The van der Waals surface area contributed by atoms with Gasteiger partial charge < -0.3 is 5.11 Å². The summed E-state index contributed by atoms with van der Waals surface area (Å²) >= 11 is 0. The number of nitrogens with zero attached hydrogens (tertiary/aromatic N) is 2. The van der Waals surface area contributed by atoms with Crippen molar-refractivity contribution in [1.82, 2.24) is 0 Å². The van der Waals surface area contributed by atoms with Crippen LogP contribution in [0.15, 0.2) is 76.6 Å². The third-order valence-electron chi connectivity index (χ3n) is 2.94. The first-order valence-corrected chi connectivity index (χ1v) is 6.21. The Hall–Kier alpha value is -1.66. The first-order chi connectivity index (χ1) is 10.4. The van der Waals surface area contributed by atoms with Crippen LogP contribution in [0.2, 0.25) is 0 Å². The maximum Gasteiger partial charge on any atom is 1.00 e. The predicted molar refractivity (Wildman–Crippen MR) is 72.4 cm³/mol. The molecule has 4 nitrogen and oxygen atoms in total. The summed E-state index contributed by atoms with van der Waals surface area (Å²) in [7, 11) is 0. The molecule has 0 amide bonds. The Kier molecular flexibility index (Phi) is 8.37. The summed E-state index contributed by atoms with van der Waals surface area (Å²) < 4.78 is 37.2. The van der Waals surface area contributed by atoms with Crippen molar-refractivity contribution in [2.75, 3.05) is 0 Å². The Morgan fingerprint density at radius 3 is 2.04 bits per heavy atom. The Bertz CT molecular complexity index is 665. The molecular formula is C15H11CuF3FeN2O2-. The number of allylic oxidation sites excluding steroid dienone is 1. The molecule has 1 aliphatic rings. The molecular weight excluding hydrogens is 417 g/mol. The summed E-state index contributed by atoms with van der Waals surface area (Å²) in [5.41, 5.74) is -3.21. The van der Waals surface area contributed by atoms with Crippen molar-refractivity contribution >= 4 is 5.97 Å². The second-order valence-corrected chi connectivity index (χ2v) is 4.43. The number of rotatable bonds is 2. The molecule has 9 heteroatoms. The molecule has 1 N–H and O–H groups in total. The molecule has 134 valence electrons. The summed E-state index contributed by atoms with van der Waals surface area (Å²) in [6.45, 7) is 0. The van der Waals surface area contributed by atoms with E-state index in [0.29, 0.717) is 6.08 Å². The maximum absolute atomic E-state index is 12.4. The van der Waals surface area contributed by atoms with E-state index in [9.17, 15) is 18.0 Å². The Labute approximate surface area is 157 Å². The fourth-order valence-electron chi connectivity index (χ4n) is 1.84. The van der Waals surface area contributed by atoms with Gasteiger partial charge in [-0.2, -0.15) is 53.7 Å². The minimum absolute atomic E-state index is 0. The average molecular weight is 428 g/mol. The van der Waals surface area contributed by atoms with Crippen molar-refractivity contribution in [3.63, 3.8) is 0 Å². The molecule has 24 heavy (non-hydrogen) atoms. The Morgan fingerprint density at radius 1 is 1.17 bits per heavy atom. The third-order valence-corrected chi connectivity index (χ3v) is 2.94. The molecule has 0 aliphatic carbocycles. The minimum Gasteiger partial charge on any atom is -0.480 e. The van der Waals surface area contributed by atoms with Crippen LogP contribution in [0.3, 0.4) is 0 Å². The average Bonchev–Trinajstić information content (AvgIpc) is 3.21. The van der Waals surface area contributed by atoms with Crippen molar-refractivity contribution in [2.24, 2.45) is 10.2 Å². The zero-order valence-electron chi connectivity index (χ0n) is 11.8. The molecule has 0 aromatic heterocycles. The molecule has 0 saturated carbocycles. The van der Waals surface area contributed by atoms with E-state index in [0.717, 1.165) is 0 Å². The summed E-state index contributed by atoms with van der Waals surface area (Å²) in [6, 6.07) is 15.8. The van der Waals surface area contributed by atoms with Gasteiger partial charge in [0.1, 0.15) is 0 Å². The van der Waals surface area contributed by atoms with Crippen LogP contribution < -0.4 is 0 Å². The van der Waals surface area contributed by atoms with Crippen LogP contribution >= 0.6 is 0 Å². The van der Waals surface area contributed by atoms with Gasteiger partial charge in [-0.3, -0.25) is 0 Å². The molecule has 2 aromatic rings. The molecule has 2 aromatic carbocycles. The van der Waals surface area contributed by atoms with Crippen molar-refractivity contribution in [3.8, 4) is 0 Å². The number of carboxylic acid groups (broad SMARTS) is 1. The van der Waals surface area contributed by atoms with Crippen molar-refractivity contribution in [1.29, 1.82) is 0 Å². The molecule has 0 radical (unpaired) electrons. The van der Waals surface area contributed by atoms with Gasteiger partial charge in [-0.05, 0) is 6.08 Å². The SMILES string of the molecule is O=C(O)C1([c-]2cccc2)C=C(C(F)(F)F)N=N1.[Cu+].[Fe].c1cc[cH-]c1. The second kappa shape index (κ2) is 8.99. The Morgan fingerprint density at radius 2 is 1.71 bits per heavy atom. The summed E-state index contributed by atoms with van der Waals surface area (Å²) in [6.07, 6.45) is -4.18. The Balaban J connectivity index is 0.000000652. The third kappa shape index (κ3) is 4.92. The van der Waals surface area contributed by atoms with E-state index in [-0.39, 0.29) is 39.7 Å². The van der Waals surface area contributed by atoms with Gasteiger partial charge in [-0.25, -0.2) is 29.1 Å². The van der Waals surface area contributed by atoms with Crippen LogP contribution in [0.1, 0.15) is 5.56 Å². The van der Waals surface area contributed by atoms with Crippen LogP contribution in [-0.4, -0.2) is 17.3 Å². The number of carbonyl (C=O) groups is 1. The van der Waals surface area contributed by atoms with E-state index in [2.05, 4.69) is 10.2 Å². The number of hydrogen-bond donors (Lipinski definition) is 1. The second-order valence-electron chi connectivity index (χ2n) is 4.43. The van der Waals surface area contributed by atoms with Gasteiger partial charge in [0.25, 0.3) is 0 Å². The van der Waals surface area contributed by atoms with Gasteiger partial charge in [0.15, 0.2) is 11.2 Å². The smallest absolute Gasteiger partial charge is 0.480 e. The summed E-state index contributed by atoms with van der Waals surface area (Å²) in [4.78, 5) is 11.1. The van der Waals surface area contributed by atoms with E-state index in [1.165, 1.54) is 24.3 Å². The fraction of sp³-hybridized carbons (Fsp3) is 0.133. The van der Waals surface area contributed by atoms with E-state index < -0.39 is 23.4 Å². The van der Waals surface area contributed by atoms with E-state index >= 15 is 0 Å². The van der Waals surface area contributed by atoms with Crippen LogP contribution in [-0.2, 0) is 44.5 Å². The molecule has 1 aliphatic heterocycles. The number of aliphatic carboxylic acids is 1. The zero-order valence-corrected chi connectivity index (χ0v) is 13.9. The van der Waals surface area contributed by atoms with E-state index in [4.69, 9.17) is 5.11 Å². The first kappa shape index (κ1) is 22.3. The number of carboxylic acids is 1. The molecule has 0 saturated heterocycles. The van der Waals surface area contributed by atoms with Gasteiger partial charge in [0, 0.05) is 17.1 Å². The number of hydrogen-bond acceptors (Lipinski definition) is 3. The van der Waals surface area contributed by atoms with Crippen LogP contribution in [0.5, 0.6) is 0 Å². The van der Waals surface area contributed by atoms with Gasteiger partial charge in [0.2, 0.25) is 0 Å². The number of azo groups is 1. The van der Waals surface area contributed by atoms with Gasteiger partial charge >= 0.3 is 29.2 Å². The molecule has 1 atom stereocenters. The van der Waals surface area contributed by atoms with Crippen LogP contribution in [0.25, 0.3) is 0 Å². The van der Waals surface area contributed by atoms with Crippen molar-refractivity contribution in [2.45, 2.75) is 11.7 Å². The fourth-order valence-corrected chi connectivity index (χ4v) is 1.84. The van der Waals surface area contributed by atoms with E-state index in [1.807, 2.05) is 30.3 Å². The molecule has 0 fully saturated rings. The molecule has 3 rings (SSSR count). The normalized spacial score (nSPS) is 18.5. The number of alkyl halides is 3. The van der Waals surface area contributed by atoms with Crippen LogP contribution in [0, 0.1) is 0 Å². The zero-order chi connectivity index (χ0) is 16.2. The van der Waals surface area contributed by atoms with Gasteiger partial charge in [-0.1, -0.05) is 0 Å². The largest absolute Gasteiger partial charge is 1.00 e. The summed E-state index contributed by atoms with van der Waals surface area (Å²) in [5, 5.41) is 15.2. The standard InChI is InChI=1S/C10H6F3N2O2.C5H5.Cu.Fe/c11-10(12,13)7-5-9(8(16)17,15-14-7)6-3-1-2-4-6;1-2-4-5-3-1;;/h1-5H,(H,16,17);1-5H;;/q2*-1;+1;. The first-order valence-electron chi connectivity index (χ1n) is 6.21.